The second-order valence-electron chi connectivity index (χ2n) is 5.57. The van der Waals surface area contributed by atoms with E-state index in [1.165, 1.54) is 6.20 Å². The van der Waals surface area contributed by atoms with E-state index in [4.69, 9.17) is 4.74 Å². The number of nitrogens with one attached hydrogen (secondary N) is 1. The van der Waals surface area contributed by atoms with Crippen molar-refractivity contribution in [2.24, 2.45) is 0 Å². The highest BCUT2D eigenvalue weighted by Gasteiger charge is 2.29. The first-order valence-corrected chi connectivity index (χ1v) is 7.66. The molecule has 4 nitrogen and oxygen atoms in total. The molecule has 130 valence electrons. The molecule has 7 heteroatoms. The molecule has 0 atom stereocenters. The number of hydrogen-bond acceptors (Lipinski definition) is 4. The molecule has 2 heterocycles. The fourth-order valence-electron chi connectivity index (χ4n) is 2.46. The van der Waals surface area contributed by atoms with Gasteiger partial charge in [-0.25, -0.2) is 9.97 Å². The number of rotatable bonds is 5. The Balaban J connectivity index is 1.76. The van der Waals surface area contributed by atoms with E-state index in [-0.39, 0.29) is 12.4 Å². The van der Waals surface area contributed by atoms with Crippen LogP contribution >= 0.6 is 0 Å². The van der Waals surface area contributed by atoms with Crippen LogP contribution in [0.15, 0.2) is 48.7 Å². The van der Waals surface area contributed by atoms with Crippen LogP contribution < -0.4 is 10.1 Å². The summed E-state index contributed by atoms with van der Waals surface area (Å²) in [5.74, 6) is 0.603. The van der Waals surface area contributed by atoms with Gasteiger partial charge in [-0.1, -0.05) is 24.3 Å². The van der Waals surface area contributed by atoms with E-state index in [2.05, 4.69) is 15.3 Å². The van der Waals surface area contributed by atoms with Gasteiger partial charge in [-0.05, 0) is 30.7 Å². The summed E-state index contributed by atoms with van der Waals surface area (Å²) in [4.78, 5) is 8.39. The first-order valence-electron chi connectivity index (χ1n) is 7.66. The van der Waals surface area contributed by atoms with Gasteiger partial charge in [-0.2, -0.15) is 13.2 Å². The molecule has 1 N–H and O–H groups in total. The summed E-state index contributed by atoms with van der Waals surface area (Å²) in [6.45, 7) is 0.868. The number of hydrogen-bond donors (Lipinski definition) is 1. The summed E-state index contributed by atoms with van der Waals surface area (Å²) in [7, 11) is 0. The van der Waals surface area contributed by atoms with Gasteiger partial charge in [-0.3, -0.25) is 0 Å². The van der Waals surface area contributed by atoms with Crippen molar-refractivity contribution in [3.63, 3.8) is 0 Å². The Morgan fingerprint density at radius 2 is 1.92 bits per heavy atom. The van der Waals surface area contributed by atoms with Crippen LogP contribution in [0.3, 0.4) is 0 Å². The van der Waals surface area contributed by atoms with Crippen LogP contribution in [0.5, 0.6) is 5.88 Å². The minimum atomic E-state index is -4.40. The monoisotopic (exact) mass is 347 g/mol. The minimum Gasteiger partial charge on any atom is -0.468 e. The van der Waals surface area contributed by atoms with Crippen molar-refractivity contribution in [3.05, 3.63) is 59.8 Å². The lowest BCUT2D eigenvalue weighted by Gasteiger charge is -2.13. The van der Waals surface area contributed by atoms with E-state index in [0.717, 1.165) is 16.5 Å². The smallest absolute Gasteiger partial charge is 0.422 e. The molecule has 3 aromatic rings. The van der Waals surface area contributed by atoms with Crippen LogP contribution in [0, 0.1) is 6.92 Å². The molecule has 1 aromatic carbocycles. The van der Waals surface area contributed by atoms with Crippen molar-refractivity contribution in [1.82, 2.24) is 9.97 Å². The third-order valence-electron chi connectivity index (χ3n) is 3.61. The molecular weight excluding hydrogens is 331 g/mol. The molecule has 0 fully saturated rings. The third kappa shape index (κ3) is 4.37. The maximum absolute atomic E-state index is 12.3. The number of fused-ring (bicyclic) bond motifs is 1. The number of para-hydroxylation sites is 1. The quantitative estimate of drug-likeness (QED) is 0.739. The van der Waals surface area contributed by atoms with Gasteiger partial charge in [0.2, 0.25) is 5.88 Å². The number of halogens is 3. The van der Waals surface area contributed by atoms with Crippen molar-refractivity contribution in [3.8, 4) is 5.88 Å². The molecule has 0 aliphatic carbocycles. The Labute approximate surface area is 142 Å². The number of alkyl halides is 3. The Morgan fingerprint density at radius 3 is 2.72 bits per heavy atom. The van der Waals surface area contributed by atoms with E-state index in [9.17, 15) is 13.2 Å². The standard InChI is InChI=1S/C18H16F3N3O/c1-12-9-16(24-15-7-3-2-6-14(12)15)23-10-13-5-4-8-22-17(13)25-11-18(19,20)21/h2-9H,10-11H2,1H3,(H,23,24). The van der Waals surface area contributed by atoms with E-state index in [0.29, 0.717) is 11.4 Å². The maximum atomic E-state index is 12.3. The number of aryl methyl sites for hydroxylation is 1. The second-order valence-corrected chi connectivity index (χ2v) is 5.57. The van der Waals surface area contributed by atoms with Crippen LogP contribution in [0.25, 0.3) is 10.9 Å². The molecule has 3 rings (SSSR count). The summed E-state index contributed by atoms with van der Waals surface area (Å²) in [5.41, 5.74) is 2.44. The Kier molecular flexibility index (Phi) is 4.74. The van der Waals surface area contributed by atoms with Crippen LogP contribution in [0.2, 0.25) is 0 Å². The molecule has 0 saturated carbocycles. The molecule has 0 spiro atoms. The molecule has 0 bridgehead atoms. The van der Waals surface area contributed by atoms with Crippen LogP contribution in [0.4, 0.5) is 19.0 Å². The molecule has 0 aliphatic rings. The van der Waals surface area contributed by atoms with Gasteiger partial charge in [-0.15, -0.1) is 0 Å². The van der Waals surface area contributed by atoms with E-state index in [1.54, 1.807) is 12.1 Å². The van der Waals surface area contributed by atoms with Gasteiger partial charge >= 0.3 is 6.18 Å². The van der Waals surface area contributed by atoms with Crippen LogP contribution in [-0.4, -0.2) is 22.8 Å². The fourth-order valence-corrected chi connectivity index (χ4v) is 2.46. The summed E-state index contributed by atoms with van der Waals surface area (Å²) < 4.78 is 41.8. The highest BCUT2D eigenvalue weighted by molar-refractivity contribution is 5.83. The Hall–Kier alpha value is -2.83. The number of ether oxygens (including phenoxy) is 1. The molecule has 0 amide bonds. The first-order chi connectivity index (χ1) is 11.9. The number of aromatic nitrogens is 2. The molecule has 0 saturated heterocycles. The van der Waals surface area contributed by atoms with Gasteiger partial charge in [0.25, 0.3) is 0 Å². The summed E-state index contributed by atoms with van der Waals surface area (Å²) >= 11 is 0. The highest BCUT2D eigenvalue weighted by Crippen LogP contribution is 2.23. The number of anilines is 1. The lowest BCUT2D eigenvalue weighted by molar-refractivity contribution is -0.154. The normalized spacial score (nSPS) is 11.5. The molecule has 25 heavy (non-hydrogen) atoms. The number of pyridine rings is 2. The van der Waals surface area contributed by atoms with Crippen molar-refractivity contribution in [1.29, 1.82) is 0 Å². The molecule has 0 radical (unpaired) electrons. The lowest BCUT2D eigenvalue weighted by Crippen LogP contribution is -2.20. The van der Waals surface area contributed by atoms with Gasteiger partial charge in [0, 0.05) is 23.7 Å². The summed E-state index contributed by atoms with van der Waals surface area (Å²) in [6.07, 6.45) is -3.01. The molecule has 0 unspecified atom stereocenters. The molecular formula is C18H16F3N3O. The minimum absolute atomic E-state index is 0.0372. The van der Waals surface area contributed by atoms with Crippen LogP contribution in [-0.2, 0) is 6.54 Å². The van der Waals surface area contributed by atoms with E-state index < -0.39 is 12.8 Å². The Morgan fingerprint density at radius 1 is 1.12 bits per heavy atom. The second kappa shape index (κ2) is 6.96. The summed E-state index contributed by atoms with van der Waals surface area (Å²) in [6, 6.07) is 13.0. The highest BCUT2D eigenvalue weighted by atomic mass is 19.4. The van der Waals surface area contributed by atoms with Gasteiger partial charge < -0.3 is 10.1 Å². The van der Waals surface area contributed by atoms with E-state index >= 15 is 0 Å². The zero-order valence-corrected chi connectivity index (χ0v) is 13.5. The van der Waals surface area contributed by atoms with E-state index in [1.807, 2.05) is 37.3 Å². The fraction of sp³-hybridized carbons (Fsp3) is 0.222. The van der Waals surface area contributed by atoms with Crippen molar-refractivity contribution in [2.45, 2.75) is 19.6 Å². The third-order valence-corrected chi connectivity index (χ3v) is 3.61. The summed E-state index contributed by atoms with van der Waals surface area (Å²) in [5, 5.41) is 4.18. The molecule has 0 aliphatic heterocycles. The van der Waals surface area contributed by atoms with Gasteiger partial charge in [0.05, 0.1) is 5.52 Å². The van der Waals surface area contributed by atoms with Crippen molar-refractivity contribution in [2.75, 3.05) is 11.9 Å². The average Bonchev–Trinajstić information content (AvgIpc) is 2.58. The molecule has 2 aromatic heterocycles. The largest absolute Gasteiger partial charge is 0.468 e. The zero-order chi connectivity index (χ0) is 17.9. The van der Waals surface area contributed by atoms with Gasteiger partial charge in [0.1, 0.15) is 5.82 Å². The Bertz CT molecular complexity index is 881. The zero-order valence-electron chi connectivity index (χ0n) is 13.5. The predicted molar refractivity (Wildman–Crippen MR) is 89.6 cm³/mol. The predicted octanol–water partition coefficient (Wildman–Crippen LogP) is 4.49. The van der Waals surface area contributed by atoms with Crippen molar-refractivity contribution >= 4 is 16.7 Å². The first kappa shape index (κ1) is 17.0. The maximum Gasteiger partial charge on any atom is 0.422 e. The van der Waals surface area contributed by atoms with Gasteiger partial charge in [0.15, 0.2) is 6.61 Å². The lowest BCUT2D eigenvalue weighted by atomic mass is 10.1. The van der Waals surface area contributed by atoms with Crippen LogP contribution in [0.1, 0.15) is 11.1 Å². The SMILES string of the molecule is Cc1cc(NCc2cccnc2OCC(F)(F)F)nc2ccccc12. The topological polar surface area (TPSA) is 47.0 Å². The number of nitrogens with zero attached hydrogens (tertiary/aromatic N) is 2. The average molecular weight is 347 g/mol. The number of benzene rings is 1. The van der Waals surface area contributed by atoms with Crippen molar-refractivity contribution < 1.29 is 17.9 Å².